The molecule has 86 valence electrons. The minimum absolute atomic E-state index is 0.120. The van der Waals surface area contributed by atoms with Crippen molar-refractivity contribution < 1.29 is 0 Å². The van der Waals surface area contributed by atoms with Crippen LogP contribution in [0.4, 0.5) is 0 Å². The normalized spacial score (nSPS) is 12.4. The highest BCUT2D eigenvalue weighted by Gasteiger charge is 2.04. The van der Waals surface area contributed by atoms with E-state index in [1.54, 1.807) is 31.6 Å². The number of rotatable bonds is 2. The molecule has 3 N–H and O–H groups in total. The zero-order chi connectivity index (χ0) is 12.3. The summed E-state index contributed by atoms with van der Waals surface area (Å²) in [7, 11) is 1.65. The van der Waals surface area contributed by atoms with Crippen molar-refractivity contribution in [3.05, 3.63) is 46.5 Å². The summed E-state index contributed by atoms with van der Waals surface area (Å²) in [5.74, 6) is 0. The van der Waals surface area contributed by atoms with Gasteiger partial charge in [-0.3, -0.25) is 9.79 Å². The fourth-order valence-corrected chi connectivity index (χ4v) is 1.54. The molecule has 17 heavy (non-hydrogen) atoms. The number of nitrogens with zero attached hydrogens (tertiary/aromatic N) is 2. The third-order valence-electron chi connectivity index (χ3n) is 2.35. The van der Waals surface area contributed by atoms with Crippen molar-refractivity contribution in [3.63, 3.8) is 0 Å². The Labute approximate surface area is 97.7 Å². The van der Waals surface area contributed by atoms with Crippen LogP contribution < -0.4 is 11.2 Å². The molecule has 0 saturated carbocycles. The van der Waals surface area contributed by atoms with Gasteiger partial charge in [-0.1, -0.05) is 0 Å². The van der Waals surface area contributed by atoms with Gasteiger partial charge in [-0.25, -0.2) is 4.98 Å². The molecule has 0 aliphatic carbocycles. The van der Waals surface area contributed by atoms with Gasteiger partial charge in [-0.2, -0.15) is 0 Å². The molecule has 2 rings (SSSR count). The minimum Gasteiger partial charge on any atom is -0.404 e. The van der Waals surface area contributed by atoms with E-state index in [1.807, 2.05) is 0 Å². The Balaban J connectivity index is 2.66. The fourth-order valence-electron chi connectivity index (χ4n) is 1.54. The zero-order valence-electron chi connectivity index (χ0n) is 9.34. The Kier molecular flexibility index (Phi) is 3.00. The minimum atomic E-state index is -0.120. The van der Waals surface area contributed by atoms with Gasteiger partial charge in [0.25, 0.3) is 0 Å². The number of aromatic nitrogens is 2. The topological polar surface area (TPSA) is 84.1 Å². The lowest BCUT2D eigenvalue weighted by molar-refractivity contribution is 1.29. The molecule has 2 aromatic heterocycles. The second-order valence-electron chi connectivity index (χ2n) is 3.44. The van der Waals surface area contributed by atoms with Gasteiger partial charge < -0.3 is 10.7 Å². The van der Waals surface area contributed by atoms with E-state index in [9.17, 15) is 4.79 Å². The Morgan fingerprint density at radius 2 is 2.29 bits per heavy atom. The molecule has 5 heteroatoms. The van der Waals surface area contributed by atoms with Gasteiger partial charge >= 0.3 is 0 Å². The Morgan fingerprint density at radius 3 is 3.00 bits per heavy atom. The van der Waals surface area contributed by atoms with Crippen LogP contribution >= 0.6 is 0 Å². The molecule has 2 aromatic rings. The van der Waals surface area contributed by atoms with Gasteiger partial charge in [0, 0.05) is 37.3 Å². The summed E-state index contributed by atoms with van der Waals surface area (Å²) in [4.78, 5) is 22.8. The number of fused-ring (bicyclic) bond motifs is 1. The first kappa shape index (κ1) is 11.1. The number of hydrogen-bond donors (Lipinski definition) is 2. The number of aromatic amines is 1. The van der Waals surface area contributed by atoms with E-state index >= 15 is 0 Å². The molecule has 2 heterocycles. The largest absolute Gasteiger partial charge is 0.404 e. The molecule has 0 aliphatic heterocycles. The van der Waals surface area contributed by atoms with E-state index < -0.39 is 0 Å². The van der Waals surface area contributed by atoms with Crippen LogP contribution in [0.5, 0.6) is 0 Å². The van der Waals surface area contributed by atoms with Gasteiger partial charge in [-0.15, -0.1) is 0 Å². The van der Waals surface area contributed by atoms with Crippen molar-refractivity contribution in [2.45, 2.75) is 0 Å². The molecular weight excluding hydrogens is 216 g/mol. The van der Waals surface area contributed by atoms with Gasteiger partial charge in [-0.05, 0) is 12.1 Å². The van der Waals surface area contributed by atoms with Crippen molar-refractivity contribution in [3.8, 4) is 0 Å². The molecule has 0 bridgehead atoms. The van der Waals surface area contributed by atoms with E-state index in [0.29, 0.717) is 22.3 Å². The van der Waals surface area contributed by atoms with Crippen molar-refractivity contribution >= 4 is 22.8 Å². The fraction of sp³-hybridized carbons (Fsp3) is 0.0833. The number of pyridine rings is 2. The summed E-state index contributed by atoms with van der Waals surface area (Å²) in [5, 5.41) is 0. The van der Waals surface area contributed by atoms with Crippen molar-refractivity contribution in [1.82, 2.24) is 9.97 Å². The highest BCUT2D eigenvalue weighted by atomic mass is 16.1. The molecule has 0 aliphatic rings. The molecule has 5 nitrogen and oxygen atoms in total. The number of aliphatic imine (C=N–C) groups is 1. The lowest BCUT2D eigenvalue weighted by atomic mass is 10.2. The van der Waals surface area contributed by atoms with Crippen LogP contribution in [0.25, 0.3) is 16.6 Å². The maximum atomic E-state index is 11.6. The summed E-state index contributed by atoms with van der Waals surface area (Å²) in [5.41, 5.74) is 7.78. The van der Waals surface area contributed by atoms with E-state index in [1.165, 1.54) is 12.3 Å². The highest BCUT2D eigenvalue weighted by molar-refractivity contribution is 6.09. The molecule has 0 fully saturated rings. The highest BCUT2D eigenvalue weighted by Crippen LogP contribution is 2.12. The summed E-state index contributed by atoms with van der Waals surface area (Å²) in [6.45, 7) is 0. The van der Waals surface area contributed by atoms with Crippen LogP contribution in [0.1, 0.15) is 5.69 Å². The molecule has 0 aromatic carbocycles. The van der Waals surface area contributed by atoms with Crippen LogP contribution in [-0.2, 0) is 0 Å². The maximum absolute atomic E-state index is 11.6. The monoisotopic (exact) mass is 228 g/mol. The summed E-state index contributed by atoms with van der Waals surface area (Å²) < 4.78 is 0. The SMILES string of the molecule is CN=CC(=CN)c1ccc2[nH]ccc(=O)c2n1. The number of nitrogens with two attached hydrogens (primary N) is 1. The van der Waals surface area contributed by atoms with Crippen LogP contribution in [-0.4, -0.2) is 23.2 Å². The first-order valence-corrected chi connectivity index (χ1v) is 5.09. The Morgan fingerprint density at radius 1 is 1.47 bits per heavy atom. The molecular formula is C12H12N4O. The summed E-state index contributed by atoms with van der Waals surface area (Å²) in [6, 6.07) is 5.03. The average molecular weight is 228 g/mol. The van der Waals surface area contributed by atoms with Gasteiger partial charge in [0.15, 0.2) is 0 Å². The number of allylic oxidation sites excluding steroid dienone is 1. The predicted octanol–water partition coefficient (Wildman–Crippen LogP) is 0.923. The summed E-state index contributed by atoms with van der Waals surface area (Å²) >= 11 is 0. The van der Waals surface area contributed by atoms with Crippen LogP contribution in [0, 0.1) is 0 Å². The average Bonchev–Trinajstić information content (AvgIpc) is 2.36. The van der Waals surface area contributed by atoms with E-state index in [0.717, 1.165) is 0 Å². The van der Waals surface area contributed by atoms with Crippen LogP contribution in [0.15, 0.2) is 40.4 Å². The second kappa shape index (κ2) is 4.61. The zero-order valence-corrected chi connectivity index (χ0v) is 9.34. The van der Waals surface area contributed by atoms with Gasteiger partial charge in [0.2, 0.25) is 5.43 Å². The number of H-pyrrole nitrogens is 1. The molecule has 0 saturated heterocycles. The lowest BCUT2D eigenvalue weighted by Gasteiger charge is -2.02. The Bertz CT molecular complexity index is 655. The van der Waals surface area contributed by atoms with E-state index in [4.69, 9.17) is 5.73 Å². The molecule has 0 unspecified atom stereocenters. The van der Waals surface area contributed by atoms with Crippen LogP contribution in [0.2, 0.25) is 0 Å². The smallest absolute Gasteiger partial charge is 0.207 e. The van der Waals surface area contributed by atoms with Crippen LogP contribution in [0.3, 0.4) is 0 Å². The van der Waals surface area contributed by atoms with Gasteiger partial charge in [0.05, 0.1) is 11.2 Å². The molecule has 0 amide bonds. The second-order valence-corrected chi connectivity index (χ2v) is 3.44. The Hall–Kier alpha value is -2.43. The van der Waals surface area contributed by atoms with E-state index in [2.05, 4.69) is 15.0 Å². The predicted molar refractivity (Wildman–Crippen MR) is 68.9 cm³/mol. The van der Waals surface area contributed by atoms with Gasteiger partial charge in [0.1, 0.15) is 5.52 Å². The standard InChI is InChI=1S/C12H12N4O/c1-14-7-8(6-13)9-2-3-10-12(16-9)11(17)4-5-15-10/h2-7H,13H2,1H3,(H,15,17). The maximum Gasteiger partial charge on any atom is 0.207 e. The molecule has 0 spiro atoms. The molecule has 0 atom stereocenters. The first-order chi connectivity index (χ1) is 8.26. The molecule has 0 radical (unpaired) electrons. The third-order valence-corrected chi connectivity index (χ3v) is 2.35. The van der Waals surface area contributed by atoms with E-state index in [-0.39, 0.29) is 5.43 Å². The first-order valence-electron chi connectivity index (χ1n) is 5.09. The lowest BCUT2D eigenvalue weighted by Crippen LogP contribution is -2.04. The summed E-state index contributed by atoms with van der Waals surface area (Å²) in [6.07, 6.45) is 4.61. The van der Waals surface area contributed by atoms with Crippen molar-refractivity contribution in [1.29, 1.82) is 0 Å². The van der Waals surface area contributed by atoms with Crippen molar-refractivity contribution in [2.24, 2.45) is 10.7 Å². The third kappa shape index (κ3) is 2.08. The quantitative estimate of drug-likeness (QED) is 0.750. The van der Waals surface area contributed by atoms with Crippen molar-refractivity contribution in [2.75, 3.05) is 7.05 Å². The number of nitrogens with one attached hydrogen (secondary N) is 1. The number of hydrogen-bond acceptors (Lipinski definition) is 4.